The minimum Gasteiger partial charge on any atom is -0.478 e. The van der Waals surface area contributed by atoms with Crippen molar-refractivity contribution in [3.05, 3.63) is 35.5 Å². The number of nitrogens with one attached hydrogen (secondary N) is 1. The minimum absolute atomic E-state index is 0.290. The molecule has 2 fully saturated rings. The predicted octanol–water partition coefficient (Wildman–Crippen LogP) is 2.98. The second kappa shape index (κ2) is 5.41. The van der Waals surface area contributed by atoms with Gasteiger partial charge in [0, 0.05) is 36.1 Å². The molecule has 1 aliphatic heterocycles. The molecule has 4 rings (SSSR count). The zero-order chi connectivity index (χ0) is 16.0. The summed E-state index contributed by atoms with van der Waals surface area (Å²) in [5.41, 5.74) is 2.47. The van der Waals surface area contributed by atoms with Crippen molar-refractivity contribution in [2.75, 3.05) is 13.1 Å². The van der Waals surface area contributed by atoms with E-state index in [4.69, 9.17) is 0 Å². The summed E-state index contributed by atoms with van der Waals surface area (Å²) in [6.07, 6.45) is 6.00. The summed E-state index contributed by atoms with van der Waals surface area (Å²) < 4.78 is 0. The first kappa shape index (κ1) is 14.3. The predicted molar refractivity (Wildman–Crippen MR) is 86.5 cm³/mol. The lowest BCUT2D eigenvalue weighted by molar-refractivity contribution is -0.133. The Hall–Kier alpha value is -2.30. The second-order valence-corrected chi connectivity index (χ2v) is 6.68. The molecule has 1 aromatic heterocycles. The lowest BCUT2D eigenvalue weighted by Gasteiger charge is -2.32. The van der Waals surface area contributed by atoms with Crippen LogP contribution in [-0.4, -0.2) is 40.0 Å². The van der Waals surface area contributed by atoms with Crippen molar-refractivity contribution in [1.29, 1.82) is 0 Å². The van der Waals surface area contributed by atoms with E-state index in [-0.39, 0.29) is 5.92 Å². The first-order valence-corrected chi connectivity index (χ1v) is 8.26. The highest BCUT2D eigenvalue weighted by molar-refractivity contribution is 5.94. The van der Waals surface area contributed by atoms with Crippen LogP contribution in [0.2, 0.25) is 0 Å². The number of rotatable bonds is 3. The van der Waals surface area contributed by atoms with E-state index in [2.05, 4.69) is 4.98 Å². The number of likely N-dealkylation sites (tertiary alicyclic amines) is 1. The fourth-order valence-corrected chi connectivity index (χ4v) is 3.61. The topological polar surface area (TPSA) is 73.4 Å². The van der Waals surface area contributed by atoms with Gasteiger partial charge in [0.2, 0.25) is 5.91 Å². The molecule has 0 unspecified atom stereocenters. The average molecular weight is 312 g/mol. The van der Waals surface area contributed by atoms with E-state index >= 15 is 0 Å². The fourth-order valence-electron chi connectivity index (χ4n) is 3.61. The van der Waals surface area contributed by atoms with Gasteiger partial charge in [-0.2, -0.15) is 0 Å². The standard InChI is InChI=1S/C18H20N2O3/c21-17(12-1-2-12)20-7-5-11(6-8-20)15-10-19-16-4-3-13(18(22)23)9-14(15)16/h3-4,9-12,19H,1-2,5-8H2,(H,22,23). The van der Waals surface area contributed by atoms with E-state index in [1.54, 1.807) is 12.1 Å². The summed E-state index contributed by atoms with van der Waals surface area (Å²) in [7, 11) is 0. The molecule has 0 spiro atoms. The lowest BCUT2D eigenvalue weighted by Crippen LogP contribution is -2.38. The van der Waals surface area contributed by atoms with Gasteiger partial charge in [0.15, 0.2) is 0 Å². The average Bonchev–Trinajstić information content (AvgIpc) is 3.33. The van der Waals surface area contributed by atoms with Crippen molar-refractivity contribution >= 4 is 22.8 Å². The van der Waals surface area contributed by atoms with Crippen LogP contribution in [0.25, 0.3) is 10.9 Å². The van der Waals surface area contributed by atoms with E-state index in [0.717, 1.165) is 49.7 Å². The third-order valence-electron chi connectivity index (χ3n) is 5.13. The number of H-pyrrole nitrogens is 1. The maximum absolute atomic E-state index is 12.1. The highest BCUT2D eigenvalue weighted by Crippen LogP contribution is 2.36. The molecule has 120 valence electrons. The highest BCUT2D eigenvalue weighted by Gasteiger charge is 2.35. The Kier molecular flexibility index (Phi) is 3.36. The normalized spacial score (nSPS) is 19.2. The van der Waals surface area contributed by atoms with Crippen molar-refractivity contribution < 1.29 is 14.7 Å². The van der Waals surface area contributed by atoms with Gasteiger partial charge in [0.25, 0.3) is 0 Å². The van der Waals surface area contributed by atoms with Gasteiger partial charge in [-0.3, -0.25) is 4.79 Å². The Labute approximate surface area is 134 Å². The number of amides is 1. The number of fused-ring (bicyclic) bond motifs is 1. The molecule has 1 aliphatic carbocycles. The number of hydrogen-bond acceptors (Lipinski definition) is 2. The Morgan fingerprint density at radius 1 is 1.13 bits per heavy atom. The molecule has 0 bridgehead atoms. The first-order valence-electron chi connectivity index (χ1n) is 8.26. The molecule has 2 N–H and O–H groups in total. The van der Waals surface area contributed by atoms with Gasteiger partial charge in [-0.25, -0.2) is 4.79 Å². The van der Waals surface area contributed by atoms with Crippen molar-refractivity contribution in [3.63, 3.8) is 0 Å². The summed E-state index contributed by atoms with van der Waals surface area (Å²) in [6.45, 7) is 1.62. The lowest BCUT2D eigenvalue weighted by atomic mass is 9.88. The van der Waals surface area contributed by atoms with E-state index in [0.29, 0.717) is 17.4 Å². The number of piperidine rings is 1. The van der Waals surface area contributed by atoms with Crippen LogP contribution < -0.4 is 0 Å². The number of hydrogen-bond donors (Lipinski definition) is 2. The summed E-state index contributed by atoms with van der Waals surface area (Å²) in [5.74, 6) is 0.105. The molecule has 1 amide bonds. The second-order valence-electron chi connectivity index (χ2n) is 6.68. The van der Waals surface area contributed by atoms with E-state index in [1.165, 1.54) is 5.56 Å². The van der Waals surface area contributed by atoms with Crippen molar-refractivity contribution in [3.8, 4) is 0 Å². The summed E-state index contributed by atoms with van der Waals surface area (Å²) in [4.78, 5) is 28.6. The largest absolute Gasteiger partial charge is 0.478 e. The SMILES string of the molecule is O=C(O)c1ccc2[nH]cc(C3CCN(C(=O)C4CC4)CC3)c2c1. The van der Waals surface area contributed by atoms with Gasteiger partial charge in [-0.05, 0) is 55.4 Å². The summed E-state index contributed by atoms with van der Waals surface area (Å²) >= 11 is 0. The molecule has 2 heterocycles. The van der Waals surface area contributed by atoms with Crippen LogP contribution in [0.5, 0.6) is 0 Å². The van der Waals surface area contributed by atoms with Crippen LogP contribution in [0.15, 0.2) is 24.4 Å². The van der Waals surface area contributed by atoms with Crippen LogP contribution in [0.3, 0.4) is 0 Å². The molecule has 5 heteroatoms. The number of benzene rings is 1. The zero-order valence-electron chi connectivity index (χ0n) is 12.9. The van der Waals surface area contributed by atoms with Crippen LogP contribution in [-0.2, 0) is 4.79 Å². The van der Waals surface area contributed by atoms with Gasteiger partial charge in [-0.15, -0.1) is 0 Å². The van der Waals surface area contributed by atoms with Crippen LogP contribution in [0, 0.1) is 5.92 Å². The van der Waals surface area contributed by atoms with Gasteiger partial charge in [0.05, 0.1) is 5.56 Å². The van der Waals surface area contributed by atoms with E-state index < -0.39 is 5.97 Å². The monoisotopic (exact) mass is 312 g/mol. The highest BCUT2D eigenvalue weighted by atomic mass is 16.4. The quantitative estimate of drug-likeness (QED) is 0.915. The Bertz CT molecular complexity index is 768. The van der Waals surface area contributed by atoms with Crippen molar-refractivity contribution in [2.45, 2.75) is 31.6 Å². The smallest absolute Gasteiger partial charge is 0.335 e. The molecule has 5 nitrogen and oxygen atoms in total. The number of carboxylic acids is 1. The van der Waals surface area contributed by atoms with E-state index in [9.17, 15) is 14.7 Å². The van der Waals surface area contributed by atoms with Crippen LogP contribution in [0.1, 0.15) is 47.5 Å². The first-order chi connectivity index (χ1) is 11.1. The fraction of sp³-hybridized carbons (Fsp3) is 0.444. The molecule has 0 radical (unpaired) electrons. The minimum atomic E-state index is -0.899. The molecule has 23 heavy (non-hydrogen) atoms. The number of aromatic carboxylic acids is 1. The van der Waals surface area contributed by atoms with Crippen molar-refractivity contribution in [2.24, 2.45) is 5.92 Å². The van der Waals surface area contributed by atoms with Crippen molar-refractivity contribution in [1.82, 2.24) is 9.88 Å². The maximum atomic E-state index is 12.1. The molecule has 1 saturated carbocycles. The molecule has 2 aliphatic rings. The van der Waals surface area contributed by atoms with Crippen LogP contribution >= 0.6 is 0 Å². The number of nitrogens with zero attached hydrogens (tertiary/aromatic N) is 1. The van der Waals surface area contributed by atoms with Gasteiger partial charge in [-0.1, -0.05) is 0 Å². The molecular formula is C18H20N2O3. The molecule has 2 aromatic rings. The number of carbonyl (C=O) groups is 2. The Morgan fingerprint density at radius 3 is 2.52 bits per heavy atom. The molecule has 1 saturated heterocycles. The van der Waals surface area contributed by atoms with Crippen LogP contribution in [0.4, 0.5) is 0 Å². The number of carboxylic acid groups (broad SMARTS) is 1. The molecule has 1 aromatic carbocycles. The van der Waals surface area contributed by atoms with Gasteiger partial charge in [0.1, 0.15) is 0 Å². The Morgan fingerprint density at radius 2 is 1.87 bits per heavy atom. The Balaban J connectivity index is 1.54. The zero-order valence-corrected chi connectivity index (χ0v) is 12.9. The third kappa shape index (κ3) is 2.60. The number of aromatic amines is 1. The molecule has 0 atom stereocenters. The van der Waals surface area contributed by atoms with E-state index in [1.807, 2.05) is 17.2 Å². The number of carbonyl (C=O) groups excluding carboxylic acids is 1. The van der Waals surface area contributed by atoms with Gasteiger partial charge >= 0.3 is 5.97 Å². The molecular weight excluding hydrogens is 292 g/mol. The summed E-state index contributed by atoms with van der Waals surface area (Å²) in [5, 5.41) is 10.2. The summed E-state index contributed by atoms with van der Waals surface area (Å²) in [6, 6.07) is 5.21. The number of aromatic nitrogens is 1. The third-order valence-corrected chi connectivity index (χ3v) is 5.13. The maximum Gasteiger partial charge on any atom is 0.335 e. The van der Waals surface area contributed by atoms with Gasteiger partial charge < -0.3 is 15.0 Å².